The minimum atomic E-state index is -1.03. The number of aryl methyl sites for hydroxylation is 1. The molecule has 108 valence electrons. The summed E-state index contributed by atoms with van der Waals surface area (Å²) in [5, 5.41) is 11.6. The van der Waals surface area contributed by atoms with Crippen LogP contribution in [0.1, 0.15) is 15.9 Å². The summed E-state index contributed by atoms with van der Waals surface area (Å²) >= 11 is 0. The van der Waals surface area contributed by atoms with Crippen LogP contribution in [0.25, 0.3) is 0 Å². The van der Waals surface area contributed by atoms with E-state index in [1.807, 2.05) is 31.2 Å². The average molecular weight is 284 g/mol. The molecule has 0 bridgehead atoms. The largest absolute Gasteiger partial charge is 0.478 e. The highest BCUT2D eigenvalue weighted by Gasteiger charge is 2.13. The number of carbonyl (C=O) groups excluding carboxylic acids is 1. The van der Waals surface area contributed by atoms with Crippen LogP contribution in [0, 0.1) is 6.92 Å². The van der Waals surface area contributed by atoms with E-state index in [9.17, 15) is 9.59 Å². The molecule has 2 amide bonds. The SMILES string of the molecule is Cc1ccccc1N(C)C(=O)Nc1cccc(C(=O)O)c1. The number of anilines is 2. The molecule has 5 heteroatoms. The Morgan fingerprint density at radius 2 is 1.81 bits per heavy atom. The van der Waals surface area contributed by atoms with Gasteiger partial charge in [0, 0.05) is 18.4 Å². The molecule has 2 rings (SSSR count). The summed E-state index contributed by atoms with van der Waals surface area (Å²) < 4.78 is 0. The van der Waals surface area contributed by atoms with Crippen LogP contribution in [0.2, 0.25) is 0 Å². The van der Waals surface area contributed by atoms with Crippen molar-refractivity contribution < 1.29 is 14.7 Å². The van der Waals surface area contributed by atoms with Gasteiger partial charge in [0.15, 0.2) is 0 Å². The molecule has 0 unspecified atom stereocenters. The maximum Gasteiger partial charge on any atom is 0.335 e. The van der Waals surface area contributed by atoms with Crippen LogP contribution in [0.15, 0.2) is 48.5 Å². The van der Waals surface area contributed by atoms with Gasteiger partial charge >= 0.3 is 12.0 Å². The second-order valence-electron chi connectivity index (χ2n) is 4.66. The van der Waals surface area contributed by atoms with Crippen LogP contribution in [0.5, 0.6) is 0 Å². The van der Waals surface area contributed by atoms with Crippen molar-refractivity contribution in [1.82, 2.24) is 0 Å². The highest BCUT2D eigenvalue weighted by atomic mass is 16.4. The lowest BCUT2D eigenvalue weighted by atomic mass is 10.2. The van der Waals surface area contributed by atoms with Gasteiger partial charge in [-0.05, 0) is 36.8 Å². The third-order valence-corrected chi connectivity index (χ3v) is 3.14. The molecular weight excluding hydrogens is 268 g/mol. The normalized spacial score (nSPS) is 10.0. The summed E-state index contributed by atoms with van der Waals surface area (Å²) in [6.45, 7) is 1.92. The number of carbonyl (C=O) groups is 2. The Hall–Kier alpha value is -2.82. The van der Waals surface area contributed by atoms with E-state index in [2.05, 4.69) is 5.32 Å². The van der Waals surface area contributed by atoms with Gasteiger partial charge in [-0.15, -0.1) is 0 Å². The number of nitrogens with one attached hydrogen (secondary N) is 1. The quantitative estimate of drug-likeness (QED) is 0.908. The second kappa shape index (κ2) is 6.09. The lowest BCUT2D eigenvalue weighted by Gasteiger charge is -2.20. The zero-order valence-electron chi connectivity index (χ0n) is 11.8. The molecule has 0 heterocycles. The van der Waals surface area contributed by atoms with Crippen molar-refractivity contribution in [2.24, 2.45) is 0 Å². The van der Waals surface area contributed by atoms with Crippen LogP contribution in [0.3, 0.4) is 0 Å². The molecular formula is C16H16N2O3. The summed E-state index contributed by atoms with van der Waals surface area (Å²) in [7, 11) is 1.67. The van der Waals surface area contributed by atoms with E-state index in [1.165, 1.54) is 17.0 Å². The van der Waals surface area contributed by atoms with E-state index in [0.29, 0.717) is 5.69 Å². The summed E-state index contributed by atoms with van der Waals surface area (Å²) in [5.74, 6) is -1.03. The van der Waals surface area contributed by atoms with Gasteiger partial charge in [0.2, 0.25) is 0 Å². The number of amides is 2. The van der Waals surface area contributed by atoms with E-state index >= 15 is 0 Å². The molecule has 0 saturated heterocycles. The first-order valence-corrected chi connectivity index (χ1v) is 6.42. The maximum atomic E-state index is 12.2. The fraction of sp³-hybridized carbons (Fsp3) is 0.125. The topological polar surface area (TPSA) is 69.6 Å². The van der Waals surface area contributed by atoms with Crippen LogP contribution in [-0.4, -0.2) is 24.2 Å². The van der Waals surface area contributed by atoms with E-state index in [1.54, 1.807) is 19.2 Å². The minimum absolute atomic E-state index is 0.131. The van der Waals surface area contributed by atoms with Gasteiger partial charge in [-0.2, -0.15) is 0 Å². The van der Waals surface area contributed by atoms with Gasteiger partial charge in [-0.3, -0.25) is 4.90 Å². The van der Waals surface area contributed by atoms with Crippen molar-refractivity contribution in [2.75, 3.05) is 17.3 Å². The molecule has 0 aliphatic carbocycles. The van der Waals surface area contributed by atoms with Crippen molar-refractivity contribution >= 4 is 23.4 Å². The predicted molar refractivity (Wildman–Crippen MR) is 82.0 cm³/mol. The summed E-state index contributed by atoms with van der Waals surface area (Å²) in [6, 6.07) is 13.3. The van der Waals surface area contributed by atoms with Gasteiger partial charge in [0.05, 0.1) is 5.56 Å². The van der Waals surface area contributed by atoms with Gasteiger partial charge < -0.3 is 10.4 Å². The molecule has 0 spiro atoms. The maximum absolute atomic E-state index is 12.2. The summed E-state index contributed by atoms with van der Waals surface area (Å²) in [4.78, 5) is 24.6. The fourth-order valence-electron chi connectivity index (χ4n) is 1.99. The molecule has 2 aromatic carbocycles. The lowest BCUT2D eigenvalue weighted by Crippen LogP contribution is -2.31. The first-order chi connectivity index (χ1) is 9.99. The Labute approximate surface area is 122 Å². The van der Waals surface area contributed by atoms with Gasteiger partial charge in [-0.25, -0.2) is 9.59 Å². The Balaban J connectivity index is 2.16. The Kier molecular flexibility index (Phi) is 4.23. The highest BCUT2D eigenvalue weighted by molar-refractivity contribution is 6.02. The molecule has 0 atom stereocenters. The number of hydrogen-bond acceptors (Lipinski definition) is 2. The van der Waals surface area contributed by atoms with Crippen molar-refractivity contribution in [1.29, 1.82) is 0 Å². The first-order valence-electron chi connectivity index (χ1n) is 6.42. The average Bonchev–Trinajstić information content (AvgIpc) is 2.47. The molecule has 21 heavy (non-hydrogen) atoms. The summed E-state index contributed by atoms with van der Waals surface area (Å²) in [5.41, 5.74) is 2.35. The van der Waals surface area contributed by atoms with Crippen LogP contribution >= 0.6 is 0 Å². The van der Waals surface area contributed by atoms with Crippen LogP contribution in [-0.2, 0) is 0 Å². The zero-order valence-corrected chi connectivity index (χ0v) is 11.8. The number of benzene rings is 2. The van der Waals surface area contributed by atoms with Crippen molar-refractivity contribution in [2.45, 2.75) is 6.92 Å². The number of rotatable bonds is 3. The second-order valence-corrected chi connectivity index (χ2v) is 4.66. The van der Waals surface area contributed by atoms with Crippen molar-refractivity contribution in [3.8, 4) is 0 Å². The molecule has 2 N–H and O–H groups in total. The van der Waals surface area contributed by atoms with E-state index < -0.39 is 5.97 Å². The molecule has 0 fully saturated rings. The highest BCUT2D eigenvalue weighted by Crippen LogP contribution is 2.19. The van der Waals surface area contributed by atoms with Gasteiger partial charge in [0.25, 0.3) is 0 Å². The number of hydrogen-bond donors (Lipinski definition) is 2. The monoisotopic (exact) mass is 284 g/mol. The predicted octanol–water partition coefficient (Wildman–Crippen LogP) is 3.36. The Bertz CT molecular complexity index is 683. The molecule has 2 aromatic rings. The molecule has 0 aromatic heterocycles. The van der Waals surface area contributed by atoms with Crippen LogP contribution < -0.4 is 10.2 Å². The summed E-state index contributed by atoms with van der Waals surface area (Å²) in [6.07, 6.45) is 0. The number of nitrogens with zero attached hydrogens (tertiary/aromatic N) is 1. The van der Waals surface area contributed by atoms with Gasteiger partial charge in [0.1, 0.15) is 0 Å². The smallest absolute Gasteiger partial charge is 0.335 e. The molecule has 0 aliphatic rings. The molecule has 0 saturated carbocycles. The van der Waals surface area contributed by atoms with Gasteiger partial charge in [-0.1, -0.05) is 24.3 Å². The Morgan fingerprint density at radius 1 is 1.10 bits per heavy atom. The number of urea groups is 1. The van der Waals surface area contributed by atoms with Crippen LogP contribution in [0.4, 0.5) is 16.2 Å². The standard InChI is InChI=1S/C16H16N2O3/c1-11-6-3-4-9-14(11)18(2)16(21)17-13-8-5-7-12(10-13)15(19)20/h3-10H,1-2H3,(H,17,21)(H,19,20). The zero-order chi connectivity index (χ0) is 15.4. The number of para-hydroxylation sites is 1. The molecule has 0 radical (unpaired) electrons. The van der Waals surface area contributed by atoms with Crippen molar-refractivity contribution in [3.05, 3.63) is 59.7 Å². The van der Waals surface area contributed by atoms with E-state index in [-0.39, 0.29) is 11.6 Å². The van der Waals surface area contributed by atoms with E-state index in [0.717, 1.165) is 11.3 Å². The third kappa shape index (κ3) is 3.39. The molecule has 5 nitrogen and oxygen atoms in total. The van der Waals surface area contributed by atoms with E-state index in [4.69, 9.17) is 5.11 Å². The third-order valence-electron chi connectivity index (χ3n) is 3.14. The number of carboxylic acids is 1. The minimum Gasteiger partial charge on any atom is -0.478 e. The molecule has 0 aliphatic heterocycles. The number of carboxylic acid groups (broad SMARTS) is 1. The van der Waals surface area contributed by atoms with Crippen molar-refractivity contribution in [3.63, 3.8) is 0 Å². The number of aromatic carboxylic acids is 1. The first kappa shape index (κ1) is 14.6. The Morgan fingerprint density at radius 3 is 2.48 bits per heavy atom. The lowest BCUT2D eigenvalue weighted by molar-refractivity contribution is 0.0697. The fourth-order valence-corrected chi connectivity index (χ4v) is 1.99.